The molecule has 0 spiro atoms. The molecule has 62 valence electrons. The maximum Gasteiger partial charge on any atom is 0.0768 e. The SMILES string of the molecule is CN1CCC(CC2=NC2)CC1. The Kier molecular flexibility index (Phi) is 1.95. The third-order valence-electron chi connectivity index (χ3n) is 2.74. The van der Waals surface area contributed by atoms with E-state index < -0.39 is 0 Å². The summed E-state index contributed by atoms with van der Waals surface area (Å²) in [6, 6.07) is 0. The van der Waals surface area contributed by atoms with Gasteiger partial charge in [-0.1, -0.05) is 0 Å². The number of hydrogen-bond acceptors (Lipinski definition) is 2. The minimum atomic E-state index is 0.951. The van der Waals surface area contributed by atoms with E-state index in [4.69, 9.17) is 0 Å². The van der Waals surface area contributed by atoms with Crippen LogP contribution in [0.5, 0.6) is 0 Å². The third-order valence-corrected chi connectivity index (χ3v) is 2.74. The smallest absolute Gasteiger partial charge is 0.0768 e. The molecule has 0 aromatic heterocycles. The van der Waals surface area contributed by atoms with E-state index in [1.807, 2.05) is 0 Å². The van der Waals surface area contributed by atoms with Gasteiger partial charge in [0.1, 0.15) is 0 Å². The summed E-state index contributed by atoms with van der Waals surface area (Å²) < 4.78 is 0. The van der Waals surface area contributed by atoms with Gasteiger partial charge in [0.2, 0.25) is 0 Å². The molecule has 0 atom stereocenters. The topological polar surface area (TPSA) is 15.6 Å². The van der Waals surface area contributed by atoms with Crippen molar-refractivity contribution >= 4 is 5.71 Å². The van der Waals surface area contributed by atoms with Crippen molar-refractivity contribution in [3.05, 3.63) is 0 Å². The van der Waals surface area contributed by atoms with Crippen LogP contribution in [0, 0.1) is 5.92 Å². The van der Waals surface area contributed by atoms with Gasteiger partial charge in [-0.25, -0.2) is 0 Å². The molecule has 2 heterocycles. The zero-order chi connectivity index (χ0) is 7.68. The number of likely N-dealkylation sites (tertiary alicyclic amines) is 1. The van der Waals surface area contributed by atoms with Crippen LogP contribution in [-0.2, 0) is 0 Å². The fourth-order valence-electron chi connectivity index (χ4n) is 1.78. The molecule has 1 fully saturated rings. The first kappa shape index (κ1) is 7.29. The molecule has 11 heavy (non-hydrogen) atoms. The van der Waals surface area contributed by atoms with Gasteiger partial charge in [-0.2, -0.15) is 0 Å². The summed E-state index contributed by atoms with van der Waals surface area (Å²) in [5.74, 6) is 0.951. The lowest BCUT2D eigenvalue weighted by atomic mass is 9.93. The zero-order valence-corrected chi connectivity index (χ0v) is 7.21. The van der Waals surface area contributed by atoms with Gasteiger partial charge in [0.25, 0.3) is 0 Å². The summed E-state index contributed by atoms with van der Waals surface area (Å²) in [5.41, 5.74) is 1.47. The van der Waals surface area contributed by atoms with Crippen LogP contribution in [0.15, 0.2) is 4.99 Å². The van der Waals surface area contributed by atoms with Gasteiger partial charge in [0.15, 0.2) is 0 Å². The molecular formula is C9H16N2. The number of nitrogens with zero attached hydrogens (tertiary/aromatic N) is 2. The molecule has 0 unspecified atom stereocenters. The highest BCUT2D eigenvalue weighted by atomic mass is 15.1. The monoisotopic (exact) mass is 152 g/mol. The van der Waals surface area contributed by atoms with Crippen LogP contribution in [0.2, 0.25) is 0 Å². The largest absolute Gasteiger partial charge is 0.306 e. The molecule has 2 rings (SSSR count). The molecule has 2 heteroatoms. The second kappa shape index (κ2) is 2.94. The van der Waals surface area contributed by atoms with E-state index in [-0.39, 0.29) is 0 Å². The van der Waals surface area contributed by atoms with E-state index in [9.17, 15) is 0 Å². The van der Waals surface area contributed by atoms with Crippen LogP contribution in [0.1, 0.15) is 19.3 Å². The van der Waals surface area contributed by atoms with E-state index in [0.717, 1.165) is 12.5 Å². The Labute approximate surface area is 68.3 Å². The van der Waals surface area contributed by atoms with E-state index in [1.54, 1.807) is 0 Å². The van der Waals surface area contributed by atoms with Crippen molar-refractivity contribution in [2.45, 2.75) is 19.3 Å². The summed E-state index contributed by atoms with van der Waals surface area (Å²) in [6.45, 7) is 3.65. The molecule has 2 aliphatic rings. The molecule has 1 saturated heterocycles. The Morgan fingerprint density at radius 1 is 1.45 bits per heavy atom. The lowest BCUT2D eigenvalue weighted by Crippen LogP contribution is -2.30. The second-order valence-corrected chi connectivity index (χ2v) is 3.83. The van der Waals surface area contributed by atoms with E-state index in [2.05, 4.69) is 16.9 Å². The minimum Gasteiger partial charge on any atom is -0.306 e. The number of hydrogen-bond donors (Lipinski definition) is 0. The predicted molar refractivity (Wildman–Crippen MR) is 47.1 cm³/mol. The average molecular weight is 152 g/mol. The van der Waals surface area contributed by atoms with Crippen molar-refractivity contribution in [3.8, 4) is 0 Å². The highest BCUT2D eigenvalue weighted by molar-refractivity contribution is 5.96. The summed E-state index contributed by atoms with van der Waals surface area (Å²) in [4.78, 5) is 6.64. The van der Waals surface area contributed by atoms with Crippen LogP contribution in [0.25, 0.3) is 0 Å². The number of piperidine rings is 1. The van der Waals surface area contributed by atoms with Gasteiger partial charge in [0, 0.05) is 5.71 Å². The van der Waals surface area contributed by atoms with Crippen LogP contribution in [0.4, 0.5) is 0 Å². The lowest BCUT2D eigenvalue weighted by molar-refractivity contribution is 0.224. The Bertz CT molecular complexity index is 166. The summed E-state index contributed by atoms with van der Waals surface area (Å²) in [6.07, 6.45) is 4.07. The van der Waals surface area contributed by atoms with Crippen molar-refractivity contribution in [1.29, 1.82) is 0 Å². The van der Waals surface area contributed by atoms with E-state index >= 15 is 0 Å². The normalized spacial score (nSPS) is 26.8. The lowest BCUT2D eigenvalue weighted by Gasteiger charge is -2.28. The predicted octanol–water partition coefficient (Wildman–Crippen LogP) is 1.17. The van der Waals surface area contributed by atoms with Crippen LogP contribution >= 0.6 is 0 Å². The van der Waals surface area contributed by atoms with Gasteiger partial charge in [-0.05, 0) is 45.3 Å². The maximum absolute atomic E-state index is 4.22. The van der Waals surface area contributed by atoms with Gasteiger partial charge in [-0.3, -0.25) is 4.99 Å². The first-order valence-corrected chi connectivity index (χ1v) is 4.55. The van der Waals surface area contributed by atoms with Crippen molar-refractivity contribution in [2.24, 2.45) is 10.9 Å². The summed E-state index contributed by atoms with van der Waals surface area (Å²) >= 11 is 0. The molecule has 0 radical (unpaired) electrons. The summed E-state index contributed by atoms with van der Waals surface area (Å²) in [5, 5.41) is 0. The third kappa shape index (κ3) is 2.03. The molecule has 0 aliphatic carbocycles. The van der Waals surface area contributed by atoms with Crippen molar-refractivity contribution in [1.82, 2.24) is 4.90 Å². The molecule has 0 aromatic rings. The minimum absolute atomic E-state index is 0.951. The average Bonchev–Trinajstić information content (AvgIpc) is 2.78. The zero-order valence-electron chi connectivity index (χ0n) is 7.21. The standard InChI is InChI=1S/C9H16N2/c1-11-4-2-8(3-5-11)6-9-7-10-9/h8H,2-7H2,1H3. The molecule has 2 aliphatic heterocycles. The van der Waals surface area contributed by atoms with Crippen LogP contribution in [-0.4, -0.2) is 37.3 Å². The van der Waals surface area contributed by atoms with Gasteiger partial charge in [-0.15, -0.1) is 0 Å². The van der Waals surface area contributed by atoms with Crippen molar-refractivity contribution in [3.63, 3.8) is 0 Å². The molecule has 2 nitrogen and oxygen atoms in total. The van der Waals surface area contributed by atoms with E-state index in [0.29, 0.717) is 0 Å². The molecule has 0 saturated carbocycles. The first-order chi connectivity index (χ1) is 5.34. The van der Waals surface area contributed by atoms with Gasteiger partial charge in [0.05, 0.1) is 6.54 Å². The van der Waals surface area contributed by atoms with Crippen molar-refractivity contribution < 1.29 is 0 Å². The Hall–Kier alpha value is -0.370. The Morgan fingerprint density at radius 2 is 2.09 bits per heavy atom. The van der Waals surface area contributed by atoms with E-state index in [1.165, 1.54) is 38.1 Å². The highest BCUT2D eigenvalue weighted by Crippen LogP contribution is 2.22. The Balaban J connectivity index is 1.73. The van der Waals surface area contributed by atoms with Gasteiger partial charge < -0.3 is 4.90 Å². The number of rotatable bonds is 2. The quantitative estimate of drug-likeness (QED) is 0.580. The van der Waals surface area contributed by atoms with Crippen LogP contribution in [0.3, 0.4) is 0 Å². The second-order valence-electron chi connectivity index (χ2n) is 3.83. The molecule has 0 N–H and O–H groups in total. The number of aliphatic imine (C=N–C) groups is 1. The molecule has 0 bridgehead atoms. The first-order valence-electron chi connectivity index (χ1n) is 4.55. The summed E-state index contributed by atoms with van der Waals surface area (Å²) in [7, 11) is 2.21. The molecule has 0 amide bonds. The highest BCUT2D eigenvalue weighted by Gasteiger charge is 2.21. The molecule has 0 aromatic carbocycles. The van der Waals surface area contributed by atoms with Gasteiger partial charge >= 0.3 is 0 Å². The molecular weight excluding hydrogens is 136 g/mol. The van der Waals surface area contributed by atoms with Crippen LogP contribution < -0.4 is 0 Å². The fraction of sp³-hybridized carbons (Fsp3) is 0.889. The van der Waals surface area contributed by atoms with Crippen molar-refractivity contribution in [2.75, 3.05) is 26.7 Å². The maximum atomic E-state index is 4.22. The fourth-order valence-corrected chi connectivity index (χ4v) is 1.78. The Morgan fingerprint density at radius 3 is 2.64 bits per heavy atom.